The minimum atomic E-state index is -0.488. The van der Waals surface area contributed by atoms with Crippen molar-refractivity contribution in [1.29, 1.82) is 0 Å². The lowest BCUT2D eigenvalue weighted by molar-refractivity contribution is -0.605. The molecule has 4 heteroatoms. The molecule has 0 aliphatic heterocycles. The van der Waals surface area contributed by atoms with Crippen LogP contribution in [-0.4, -0.2) is 13.1 Å². The first kappa shape index (κ1) is 8.52. The monoisotopic (exact) mass is 167 g/mol. The van der Waals surface area contributed by atoms with Gasteiger partial charge in [-0.1, -0.05) is 0 Å². The van der Waals surface area contributed by atoms with Gasteiger partial charge in [-0.25, -0.2) is 4.79 Å². The highest BCUT2D eigenvalue weighted by Gasteiger charge is 2.11. The van der Waals surface area contributed by atoms with Crippen molar-refractivity contribution in [3.8, 4) is 0 Å². The first-order valence-corrected chi connectivity index (χ1v) is 3.43. The molecule has 0 unspecified atom stereocenters. The van der Waals surface area contributed by atoms with Gasteiger partial charge in [-0.2, -0.15) is 4.73 Å². The average Bonchev–Trinajstić information content (AvgIpc) is 2.08. The fourth-order valence-electron chi connectivity index (χ4n) is 0.871. The van der Waals surface area contributed by atoms with Gasteiger partial charge >= 0.3 is 5.97 Å². The summed E-state index contributed by atoms with van der Waals surface area (Å²) in [5.74, 6) is -0.488. The van der Waals surface area contributed by atoms with Gasteiger partial charge in [-0.15, -0.1) is 0 Å². The SMILES string of the molecule is COC(=O)c1c[n+]([O-])ccc1C. The summed E-state index contributed by atoms with van der Waals surface area (Å²) in [5, 5.41) is 10.8. The van der Waals surface area contributed by atoms with Crippen LogP contribution < -0.4 is 4.73 Å². The summed E-state index contributed by atoms with van der Waals surface area (Å²) in [5.41, 5.74) is 1.03. The second kappa shape index (κ2) is 3.21. The molecule has 0 N–H and O–H groups in total. The van der Waals surface area contributed by atoms with E-state index < -0.39 is 5.97 Å². The Labute approximate surface area is 70.0 Å². The number of aryl methyl sites for hydroxylation is 1. The third-order valence-electron chi connectivity index (χ3n) is 1.56. The molecule has 0 atom stereocenters. The number of esters is 1. The topological polar surface area (TPSA) is 53.2 Å². The van der Waals surface area contributed by atoms with Crippen molar-refractivity contribution in [3.05, 3.63) is 34.8 Å². The van der Waals surface area contributed by atoms with Gasteiger partial charge in [-0.3, -0.25) is 0 Å². The average molecular weight is 167 g/mol. The molecule has 0 saturated carbocycles. The lowest BCUT2D eigenvalue weighted by atomic mass is 10.2. The maximum absolute atomic E-state index is 11.0. The fraction of sp³-hybridized carbons (Fsp3) is 0.250. The Balaban J connectivity index is 3.13. The van der Waals surface area contributed by atoms with Crippen LogP contribution in [0.25, 0.3) is 0 Å². The molecule has 1 heterocycles. The highest BCUT2D eigenvalue weighted by Crippen LogP contribution is 2.04. The molecule has 0 amide bonds. The largest absolute Gasteiger partial charge is 0.619 e. The van der Waals surface area contributed by atoms with Crippen LogP contribution in [0, 0.1) is 12.1 Å². The van der Waals surface area contributed by atoms with Crippen molar-refractivity contribution in [3.63, 3.8) is 0 Å². The maximum atomic E-state index is 11.0. The summed E-state index contributed by atoms with van der Waals surface area (Å²) in [4.78, 5) is 11.0. The highest BCUT2D eigenvalue weighted by molar-refractivity contribution is 5.90. The molecule has 0 spiro atoms. The van der Waals surface area contributed by atoms with E-state index in [4.69, 9.17) is 0 Å². The Morgan fingerprint density at radius 2 is 2.33 bits per heavy atom. The minimum Gasteiger partial charge on any atom is -0.619 e. The Morgan fingerprint density at radius 3 is 2.92 bits per heavy atom. The third-order valence-corrected chi connectivity index (χ3v) is 1.56. The number of hydrogen-bond acceptors (Lipinski definition) is 3. The summed E-state index contributed by atoms with van der Waals surface area (Å²) in [7, 11) is 1.28. The standard InChI is InChI=1S/C8H9NO3/c1-6-3-4-9(11)5-7(6)8(10)12-2/h3-5H,1-2H3. The van der Waals surface area contributed by atoms with Crippen molar-refractivity contribution in [2.24, 2.45) is 0 Å². The number of ether oxygens (including phenoxy) is 1. The van der Waals surface area contributed by atoms with Gasteiger partial charge in [0.05, 0.1) is 7.11 Å². The second-order valence-corrected chi connectivity index (χ2v) is 2.39. The quantitative estimate of drug-likeness (QED) is 0.346. The van der Waals surface area contributed by atoms with Crippen LogP contribution >= 0.6 is 0 Å². The molecule has 1 aromatic rings. The van der Waals surface area contributed by atoms with E-state index in [2.05, 4.69) is 4.74 Å². The molecule has 0 radical (unpaired) electrons. The zero-order valence-corrected chi connectivity index (χ0v) is 6.90. The molecule has 0 aromatic carbocycles. The Kier molecular flexibility index (Phi) is 2.28. The van der Waals surface area contributed by atoms with Crippen molar-refractivity contribution in [2.45, 2.75) is 6.92 Å². The lowest BCUT2D eigenvalue weighted by Gasteiger charge is -2.02. The van der Waals surface area contributed by atoms with Crippen LogP contribution in [0.3, 0.4) is 0 Å². The predicted molar refractivity (Wildman–Crippen MR) is 41.5 cm³/mol. The molecule has 64 valence electrons. The summed E-state index contributed by atoms with van der Waals surface area (Å²) < 4.78 is 5.05. The first-order chi connectivity index (χ1) is 5.65. The van der Waals surface area contributed by atoms with E-state index in [1.165, 1.54) is 19.5 Å². The molecular weight excluding hydrogens is 158 g/mol. The van der Waals surface area contributed by atoms with E-state index in [1.807, 2.05) is 0 Å². The van der Waals surface area contributed by atoms with E-state index in [0.717, 1.165) is 5.56 Å². The highest BCUT2D eigenvalue weighted by atomic mass is 16.5. The van der Waals surface area contributed by atoms with Gasteiger partial charge in [0.25, 0.3) is 0 Å². The molecule has 1 aromatic heterocycles. The van der Waals surface area contributed by atoms with Crippen molar-refractivity contribution in [1.82, 2.24) is 0 Å². The van der Waals surface area contributed by atoms with Crippen LogP contribution in [0.15, 0.2) is 18.5 Å². The number of rotatable bonds is 1. The first-order valence-electron chi connectivity index (χ1n) is 3.43. The van der Waals surface area contributed by atoms with Crippen LogP contribution in [0.4, 0.5) is 0 Å². The van der Waals surface area contributed by atoms with Gasteiger partial charge in [0.1, 0.15) is 5.56 Å². The Morgan fingerprint density at radius 1 is 1.67 bits per heavy atom. The Bertz CT molecular complexity index is 309. The summed E-state index contributed by atoms with van der Waals surface area (Å²) >= 11 is 0. The maximum Gasteiger partial charge on any atom is 0.344 e. The number of aromatic nitrogens is 1. The van der Waals surface area contributed by atoms with Crippen molar-refractivity contribution in [2.75, 3.05) is 7.11 Å². The van der Waals surface area contributed by atoms with E-state index in [9.17, 15) is 10.0 Å². The summed E-state index contributed by atoms with van der Waals surface area (Å²) in [6, 6.07) is 1.57. The van der Waals surface area contributed by atoms with E-state index in [-0.39, 0.29) is 0 Å². The molecule has 0 bridgehead atoms. The number of pyridine rings is 1. The molecule has 0 saturated heterocycles. The Hall–Kier alpha value is -1.58. The smallest absolute Gasteiger partial charge is 0.344 e. The number of carbonyl (C=O) groups excluding carboxylic acids is 1. The zero-order valence-electron chi connectivity index (χ0n) is 6.90. The van der Waals surface area contributed by atoms with Crippen LogP contribution in [0.2, 0.25) is 0 Å². The molecule has 0 aliphatic carbocycles. The van der Waals surface area contributed by atoms with E-state index in [0.29, 0.717) is 10.3 Å². The molecule has 4 nitrogen and oxygen atoms in total. The number of hydrogen-bond donors (Lipinski definition) is 0. The van der Waals surface area contributed by atoms with Crippen molar-refractivity contribution >= 4 is 5.97 Å². The predicted octanol–water partition coefficient (Wildman–Crippen LogP) is 0.415. The van der Waals surface area contributed by atoms with Crippen LogP contribution in [0.1, 0.15) is 15.9 Å². The van der Waals surface area contributed by atoms with Gasteiger partial charge in [0.2, 0.25) is 0 Å². The van der Waals surface area contributed by atoms with Gasteiger partial charge in [0.15, 0.2) is 12.4 Å². The summed E-state index contributed by atoms with van der Waals surface area (Å²) in [6.45, 7) is 1.74. The lowest BCUT2D eigenvalue weighted by Crippen LogP contribution is -2.26. The number of carbonyl (C=O) groups is 1. The fourth-order valence-corrected chi connectivity index (χ4v) is 0.871. The van der Waals surface area contributed by atoms with E-state index in [1.54, 1.807) is 13.0 Å². The second-order valence-electron chi connectivity index (χ2n) is 2.39. The third kappa shape index (κ3) is 1.53. The normalized spacial score (nSPS) is 9.50. The molecule has 12 heavy (non-hydrogen) atoms. The minimum absolute atomic E-state index is 0.301. The molecule has 0 aliphatic rings. The number of methoxy groups -OCH3 is 1. The molecule has 0 fully saturated rings. The van der Waals surface area contributed by atoms with Crippen LogP contribution in [0.5, 0.6) is 0 Å². The molecule has 1 rings (SSSR count). The van der Waals surface area contributed by atoms with E-state index >= 15 is 0 Å². The number of nitrogens with zero attached hydrogens (tertiary/aromatic N) is 1. The van der Waals surface area contributed by atoms with Gasteiger partial charge in [-0.05, 0) is 12.5 Å². The zero-order chi connectivity index (χ0) is 9.14. The molecular formula is C8H9NO3. The van der Waals surface area contributed by atoms with Crippen LogP contribution in [-0.2, 0) is 4.74 Å². The summed E-state index contributed by atoms with van der Waals surface area (Å²) in [6.07, 6.45) is 2.53. The van der Waals surface area contributed by atoms with Gasteiger partial charge < -0.3 is 9.94 Å². The van der Waals surface area contributed by atoms with Crippen molar-refractivity contribution < 1.29 is 14.3 Å². The van der Waals surface area contributed by atoms with Gasteiger partial charge in [0, 0.05) is 6.07 Å².